The highest BCUT2D eigenvalue weighted by molar-refractivity contribution is 6.32. The summed E-state index contributed by atoms with van der Waals surface area (Å²) in [6.07, 6.45) is 4.13. The van der Waals surface area contributed by atoms with Gasteiger partial charge in [-0.1, -0.05) is 11.6 Å². The highest BCUT2D eigenvalue weighted by atomic mass is 35.5. The number of aryl methyl sites for hydroxylation is 1. The van der Waals surface area contributed by atoms with Crippen LogP contribution < -0.4 is 15.7 Å². The summed E-state index contributed by atoms with van der Waals surface area (Å²) in [7, 11) is 0. The Morgan fingerprint density at radius 3 is 2.70 bits per heavy atom. The molecule has 0 spiro atoms. The van der Waals surface area contributed by atoms with Crippen molar-refractivity contribution in [1.82, 2.24) is 10.3 Å². The Morgan fingerprint density at radius 2 is 1.96 bits per heavy atom. The third kappa shape index (κ3) is 4.46. The number of carbonyl (C=O) groups is 1. The third-order valence-corrected chi connectivity index (χ3v) is 4.65. The summed E-state index contributed by atoms with van der Waals surface area (Å²) in [5.41, 5.74) is 2.41. The van der Waals surface area contributed by atoms with Crippen LogP contribution in [0.15, 0.2) is 45.9 Å². The molecule has 0 saturated heterocycles. The lowest BCUT2D eigenvalue weighted by atomic mass is 10.1. The van der Waals surface area contributed by atoms with Gasteiger partial charge in [-0.15, -0.1) is 0 Å². The van der Waals surface area contributed by atoms with Gasteiger partial charge >= 0.3 is 5.63 Å². The molecule has 0 aliphatic heterocycles. The predicted molar refractivity (Wildman–Crippen MR) is 103 cm³/mol. The predicted octanol–water partition coefficient (Wildman–Crippen LogP) is 3.20. The molecule has 1 N–H and O–H groups in total. The second-order valence-electron chi connectivity index (χ2n) is 6.16. The highest BCUT2D eigenvalue weighted by Gasteiger charge is 2.13. The van der Waals surface area contributed by atoms with Crippen LogP contribution in [-0.4, -0.2) is 24.0 Å². The number of fused-ring (bicyclic) bond motifs is 1. The van der Waals surface area contributed by atoms with Crippen molar-refractivity contribution < 1.29 is 13.9 Å². The van der Waals surface area contributed by atoms with Crippen molar-refractivity contribution in [2.24, 2.45) is 0 Å². The van der Waals surface area contributed by atoms with Crippen molar-refractivity contribution in [2.75, 3.05) is 13.2 Å². The molecular formula is C20H19ClN2O4. The number of carbonyl (C=O) groups excluding carboxylic acids is 1. The first-order valence-electron chi connectivity index (χ1n) is 8.47. The van der Waals surface area contributed by atoms with Crippen LogP contribution >= 0.6 is 11.6 Å². The molecule has 27 heavy (non-hydrogen) atoms. The fourth-order valence-electron chi connectivity index (χ4n) is 2.64. The standard InChI is InChI=1S/C20H19ClN2O4/c1-12-13(2)20(25)27-17-10-18(16(21)9-15(12)17)26-11-19(24)23-8-5-14-3-6-22-7-4-14/h3-4,6-7,9-10H,5,8,11H2,1-2H3,(H,23,24). The van der Waals surface area contributed by atoms with Gasteiger partial charge in [0.05, 0.1) is 5.02 Å². The van der Waals surface area contributed by atoms with Crippen molar-refractivity contribution in [3.8, 4) is 5.75 Å². The quantitative estimate of drug-likeness (QED) is 0.658. The second kappa shape index (κ2) is 8.22. The topological polar surface area (TPSA) is 81.4 Å². The number of benzene rings is 1. The van der Waals surface area contributed by atoms with Crippen molar-refractivity contribution in [3.05, 3.63) is 68.8 Å². The molecule has 6 nitrogen and oxygen atoms in total. The lowest BCUT2D eigenvalue weighted by Crippen LogP contribution is -2.30. The fraction of sp³-hybridized carbons (Fsp3) is 0.250. The monoisotopic (exact) mass is 386 g/mol. The zero-order valence-corrected chi connectivity index (χ0v) is 15.8. The molecule has 0 bridgehead atoms. The van der Waals surface area contributed by atoms with Gasteiger partial charge in [0.2, 0.25) is 0 Å². The Hall–Kier alpha value is -2.86. The van der Waals surface area contributed by atoms with Gasteiger partial charge in [0.15, 0.2) is 6.61 Å². The Balaban J connectivity index is 1.62. The van der Waals surface area contributed by atoms with E-state index in [-0.39, 0.29) is 12.5 Å². The van der Waals surface area contributed by atoms with E-state index in [9.17, 15) is 9.59 Å². The van der Waals surface area contributed by atoms with Crippen LogP contribution in [0.2, 0.25) is 5.02 Å². The summed E-state index contributed by atoms with van der Waals surface area (Å²) in [5, 5.41) is 3.88. The minimum absolute atomic E-state index is 0.184. The summed E-state index contributed by atoms with van der Waals surface area (Å²) in [6.45, 7) is 3.85. The van der Waals surface area contributed by atoms with Crippen LogP contribution in [0.5, 0.6) is 5.75 Å². The molecule has 0 saturated carbocycles. The Bertz CT molecular complexity index is 1030. The molecule has 1 amide bonds. The van der Waals surface area contributed by atoms with Gasteiger partial charge < -0.3 is 14.5 Å². The maximum Gasteiger partial charge on any atom is 0.339 e. The molecule has 0 fully saturated rings. The first kappa shape index (κ1) is 18.9. The Labute approximate surface area is 161 Å². The second-order valence-corrected chi connectivity index (χ2v) is 6.57. The number of nitrogens with one attached hydrogen (secondary N) is 1. The summed E-state index contributed by atoms with van der Waals surface area (Å²) < 4.78 is 10.8. The molecule has 2 aromatic heterocycles. The summed E-state index contributed by atoms with van der Waals surface area (Å²) in [6, 6.07) is 7.01. The van der Waals surface area contributed by atoms with E-state index in [4.69, 9.17) is 20.8 Å². The molecule has 3 aromatic rings. The van der Waals surface area contributed by atoms with Gasteiger partial charge in [-0.05, 0) is 49.6 Å². The van der Waals surface area contributed by atoms with Crippen LogP contribution in [-0.2, 0) is 11.2 Å². The van der Waals surface area contributed by atoms with Crippen LogP contribution in [0.4, 0.5) is 0 Å². The van der Waals surface area contributed by atoms with Crippen LogP contribution in [0.1, 0.15) is 16.7 Å². The van der Waals surface area contributed by atoms with E-state index >= 15 is 0 Å². The minimum Gasteiger partial charge on any atom is -0.482 e. The zero-order valence-electron chi connectivity index (χ0n) is 15.0. The van der Waals surface area contributed by atoms with E-state index in [0.29, 0.717) is 34.9 Å². The fourth-order valence-corrected chi connectivity index (χ4v) is 2.86. The highest BCUT2D eigenvalue weighted by Crippen LogP contribution is 2.31. The molecule has 0 aliphatic carbocycles. The molecule has 0 atom stereocenters. The van der Waals surface area contributed by atoms with E-state index in [2.05, 4.69) is 10.3 Å². The van der Waals surface area contributed by atoms with Crippen LogP contribution in [0.3, 0.4) is 0 Å². The summed E-state index contributed by atoms with van der Waals surface area (Å²) in [4.78, 5) is 27.8. The number of halogens is 1. The molecule has 7 heteroatoms. The number of pyridine rings is 1. The van der Waals surface area contributed by atoms with E-state index in [1.807, 2.05) is 19.1 Å². The molecular weight excluding hydrogens is 368 g/mol. The maximum atomic E-state index is 12.0. The van der Waals surface area contributed by atoms with Crippen molar-refractivity contribution in [1.29, 1.82) is 0 Å². The first-order valence-corrected chi connectivity index (χ1v) is 8.85. The summed E-state index contributed by atoms with van der Waals surface area (Å²) in [5.74, 6) is 0.0293. The number of nitrogens with zero attached hydrogens (tertiary/aromatic N) is 1. The van der Waals surface area contributed by atoms with Crippen LogP contribution in [0, 0.1) is 13.8 Å². The first-order chi connectivity index (χ1) is 13.0. The lowest BCUT2D eigenvalue weighted by Gasteiger charge is -2.11. The van der Waals surface area contributed by atoms with E-state index in [0.717, 1.165) is 16.5 Å². The molecule has 0 unspecified atom stereocenters. The molecule has 140 valence electrons. The summed E-state index contributed by atoms with van der Waals surface area (Å²) >= 11 is 6.25. The van der Waals surface area contributed by atoms with E-state index in [1.54, 1.807) is 25.4 Å². The Kier molecular flexibility index (Phi) is 5.76. The Morgan fingerprint density at radius 1 is 1.22 bits per heavy atom. The number of hydrogen-bond acceptors (Lipinski definition) is 5. The van der Waals surface area contributed by atoms with Gasteiger partial charge in [-0.3, -0.25) is 9.78 Å². The molecule has 3 rings (SSSR count). The van der Waals surface area contributed by atoms with Gasteiger partial charge in [0.25, 0.3) is 5.91 Å². The number of amides is 1. The normalized spacial score (nSPS) is 10.8. The average molecular weight is 387 g/mol. The smallest absolute Gasteiger partial charge is 0.339 e. The number of hydrogen-bond donors (Lipinski definition) is 1. The van der Waals surface area contributed by atoms with E-state index < -0.39 is 5.63 Å². The SMILES string of the molecule is Cc1c(C)c2cc(Cl)c(OCC(=O)NCCc3ccncc3)cc2oc1=O. The van der Waals surface area contributed by atoms with Gasteiger partial charge in [0, 0.05) is 36.0 Å². The zero-order chi connectivity index (χ0) is 19.4. The van der Waals surface area contributed by atoms with Crippen LogP contribution in [0.25, 0.3) is 11.0 Å². The van der Waals surface area contributed by atoms with Crippen molar-refractivity contribution in [2.45, 2.75) is 20.3 Å². The largest absolute Gasteiger partial charge is 0.482 e. The van der Waals surface area contributed by atoms with E-state index in [1.165, 1.54) is 6.07 Å². The van der Waals surface area contributed by atoms with Gasteiger partial charge in [0.1, 0.15) is 11.3 Å². The number of aromatic nitrogens is 1. The van der Waals surface area contributed by atoms with Crippen molar-refractivity contribution in [3.63, 3.8) is 0 Å². The number of rotatable bonds is 6. The van der Waals surface area contributed by atoms with Gasteiger partial charge in [-0.25, -0.2) is 4.79 Å². The number of ether oxygens (including phenoxy) is 1. The van der Waals surface area contributed by atoms with Gasteiger partial charge in [-0.2, -0.15) is 0 Å². The van der Waals surface area contributed by atoms with Crippen molar-refractivity contribution >= 4 is 28.5 Å². The lowest BCUT2D eigenvalue weighted by molar-refractivity contribution is -0.123. The molecule has 0 radical (unpaired) electrons. The molecule has 1 aromatic carbocycles. The molecule has 0 aliphatic rings. The minimum atomic E-state index is -0.401. The maximum absolute atomic E-state index is 12.0. The average Bonchev–Trinajstić information content (AvgIpc) is 2.66. The third-order valence-electron chi connectivity index (χ3n) is 4.35. The molecule has 2 heterocycles.